The molecule has 23 heavy (non-hydrogen) atoms. The number of tetrazole rings is 1. The monoisotopic (exact) mass is 311 g/mol. The molecular weight excluding hydrogens is 297 g/mol. The van der Waals surface area contributed by atoms with Gasteiger partial charge in [-0.05, 0) is 45.8 Å². The molecule has 3 rings (SSSR count). The SMILES string of the molecule is O=C(CCn1cnnn1)Nc1ccc(-c2ccc(F)cc2)cc1. The average molecular weight is 311 g/mol. The Morgan fingerprint density at radius 2 is 1.70 bits per heavy atom. The van der Waals surface area contributed by atoms with Crippen LogP contribution < -0.4 is 5.32 Å². The van der Waals surface area contributed by atoms with E-state index in [2.05, 4.69) is 20.8 Å². The molecule has 0 aliphatic heterocycles. The number of rotatable bonds is 5. The highest BCUT2D eigenvalue weighted by atomic mass is 19.1. The van der Waals surface area contributed by atoms with Crippen molar-refractivity contribution < 1.29 is 9.18 Å². The number of benzene rings is 2. The Morgan fingerprint density at radius 3 is 2.30 bits per heavy atom. The minimum absolute atomic E-state index is 0.116. The first-order chi connectivity index (χ1) is 11.2. The molecule has 0 bridgehead atoms. The zero-order valence-corrected chi connectivity index (χ0v) is 12.2. The predicted octanol–water partition coefficient (Wildman–Crippen LogP) is 2.51. The van der Waals surface area contributed by atoms with Crippen LogP contribution in [0.1, 0.15) is 6.42 Å². The molecule has 0 atom stereocenters. The molecule has 1 heterocycles. The van der Waals surface area contributed by atoms with Gasteiger partial charge in [0.05, 0.1) is 6.54 Å². The van der Waals surface area contributed by atoms with Gasteiger partial charge in [0.15, 0.2) is 0 Å². The molecule has 0 spiro atoms. The number of aryl methyl sites for hydroxylation is 1. The van der Waals surface area contributed by atoms with Crippen molar-refractivity contribution in [1.29, 1.82) is 0 Å². The molecule has 0 fully saturated rings. The zero-order chi connectivity index (χ0) is 16.1. The van der Waals surface area contributed by atoms with Crippen LogP contribution in [0.5, 0.6) is 0 Å². The van der Waals surface area contributed by atoms with E-state index < -0.39 is 0 Å². The van der Waals surface area contributed by atoms with E-state index >= 15 is 0 Å². The normalized spacial score (nSPS) is 10.5. The number of nitrogens with one attached hydrogen (secondary N) is 1. The molecular formula is C16H14FN5O. The van der Waals surface area contributed by atoms with E-state index in [0.717, 1.165) is 11.1 Å². The van der Waals surface area contributed by atoms with Crippen molar-refractivity contribution in [3.63, 3.8) is 0 Å². The lowest BCUT2D eigenvalue weighted by Crippen LogP contribution is -2.14. The van der Waals surface area contributed by atoms with E-state index in [1.807, 2.05) is 24.3 Å². The summed E-state index contributed by atoms with van der Waals surface area (Å²) < 4.78 is 14.4. The largest absolute Gasteiger partial charge is 0.326 e. The third-order valence-corrected chi connectivity index (χ3v) is 3.31. The quantitative estimate of drug-likeness (QED) is 0.786. The average Bonchev–Trinajstić information content (AvgIpc) is 3.08. The Morgan fingerprint density at radius 1 is 1.04 bits per heavy atom. The molecule has 7 heteroatoms. The number of nitrogens with zero attached hydrogens (tertiary/aromatic N) is 4. The molecule has 2 aromatic carbocycles. The highest BCUT2D eigenvalue weighted by Crippen LogP contribution is 2.21. The van der Waals surface area contributed by atoms with Crippen molar-refractivity contribution in [2.75, 3.05) is 5.32 Å². The van der Waals surface area contributed by atoms with Crippen molar-refractivity contribution in [1.82, 2.24) is 20.2 Å². The van der Waals surface area contributed by atoms with Gasteiger partial charge in [-0.3, -0.25) is 4.79 Å². The van der Waals surface area contributed by atoms with Gasteiger partial charge in [0.25, 0.3) is 0 Å². The number of hydrogen-bond acceptors (Lipinski definition) is 4. The second kappa shape index (κ2) is 6.78. The smallest absolute Gasteiger partial charge is 0.226 e. The molecule has 1 amide bonds. The van der Waals surface area contributed by atoms with Crippen LogP contribution >= 0.6 is 0 Å². The molecule has 116 valence electrons. The van der Waals surface area contributed by atoms with Gasteiger partial charge in [0.1, 0.15) is 12.1 Å². The summed E-state index contributed by atoms with van der Waals surface area (Å²) in [5.41, 5.74) is 2.58. The molecule has 0 saturated heterocycles. The van der Waals surface area contributed by atoms with Crippen LogP contribution in [0.25, 0.3) is 11.1 Å². The van der Waals surface area contributed by atoms with Gasteiger partial charge in [0, 0.05) is 12.1 Å². The third-order valence-electron chi connectivity index (χ3n) is 3.31. The molecule has 1 aromatic heterocycles. The summed E-state index contributed by atoms with van der Waals surface area (Å²) in [4.78, 5) is 11.9. The number of anilines is 1. The van der Waals surface area contributed by atoms with Crippen molar-refractivity contribution >= 4 is 11.6 Å². The number of halogens is 1. The van der Waals surface area contributed by atoms with E-state index in [9.17, 15) is 9.18 Å². The van der Waals surface area contributed by atoms with Gasteiger partial charge in [-0.2, -0.15) is 0 Å². The van der Waals surface area contributed by atoms with E-state index in [4.69, 9.17) is 0 Å². The van der Waals surface area contributed by atoms with Crippen molar-refractivity contribution in [2.24, 2.45) is 0 Å². The van der Waals surface area contributed by atoms with Crippen LogP contribution in [-0.2, 0) is 11.3 Å². The second-order valence-electron chi connectivity index (χ2n) is 4.96. The first-order valence-electron chi connectivity index (χ1n) is 7.07. The summed E-state index contributed by atoms with van der Waals surface area (Å²) in [6.45, 7) is 0.423. The summed E-state index contributed by atoms with van der Waals surface area (Å²) in [6, 6.07) is 13.7. The summed E-state index contributed by atoms with van der Waals surface area (Å²) in [6.07, 6.45) is 1.75. The minimum atomic E-state index is -0.264. The van der Waals surface area contributed by atoms with Crippen LogP contribution in [-0.4, -0.2) is 26.1 Å². The first-order valence-corrected chi connectivity index (χ1v) is 7.07. The topological polar surface area (TPSA) is 72.7 Å². The standard InChI is InChI=1S/C16H14FN5O/c17-14-5-1-12(2-6-14)13-3-7-15(8-4-13)19-16(23)9-10-22-11-18-20-21-22/h1-8,11H,9-10H2,(H,19,23). The Kier molecular flexibility index (Phi) is 4.37. The summed E-state index contributed by atoms with van der Waals surface area (Å²) in [5, 5.41) is 13.5. The first kappa shape index (κ1) is 14.8. The fraction of sp³-hybridized carbons (Fsp3) is 0.125. The lowest BCUT2D eigenvalue weighted by atomic mass is 10.1. The van der Waals surface area contributed by atoms with Gasteiger partial charge in [-0.25, -0.2) is 9.07 Å². The molecule has 0 unspecified atom stereocenters. The predicted molar refractivity (Wildman–Crippen MR) is 82.9 cm³/mol. The summed E-state index contributed by atoms with van der Waals surface area (Å²) in [7, 11) is 0. The molecule has 6 nitrogen and oxygen atoms in total. The maximum absolute atomic E-state index is 12.9. The lowest BCUT2D eigenvalue weighted by Gasteiger charge is -2.07. The third kappa shape index (κ3) is 3.97. The fourth-order valence-electron chi connectivity index (χ4n) is 2.11. The highest BCUT2D eigenvalue weighted by molar-refractivity contribution is 5.90. The van der Waals surface area contributed by atoms with Crippen LogP contribution in [0.15, 0.2) is 54.9 Å². The van der Waals surface area contributed by atoms with E-state index in [1.54, 1.807) is 12.1 Å². The zero-order valence-electron chi connectivity index (χ0n) is 12.2. The highest BCUT2D eigenvalue weighted by Gasteiger charge is 2.04. The van der Waals surface area contributed by atoms with Gasteiger partial charge in [-0.15, -0.1) is 5.10 Å². The number of carbonyl (C=O) groups is 1. The molecule has 0 saturated carbocycles. The molecule has 0 aliphatic rings. The van der Waals surface area contributed by atoms with Gasteiger partial charge in [0.2, 0.25) is 5.91 Å². The maximum Gasteiger partial charge on any atom is 0.226 e. The summed E-state index contributed by atoms with van der Waals surface area (Å²) in [5.74, 6) is -0.379. The maximum atomic E-state index is 12.9. The lowest BCUT2D eigenvalue weighted by molar-refractivity contribution is -0.116. The van der Waals surface area contributed by atoms with Crippen LogP contribution in [0.2, 0.25) is 0 Å². The van der Waals surface area contributed by atoms with E-state index in [-0.39, 0.29) is 18.1 Å². The number of carbonyl (C=O) groups excluding carboxylic acids is 1. The number of aromatic nitrogens is 4. The number of hydrogen-bond donors (Lipinski definition) is 1. The van der Waals surface area contributed by atoms with Gasteiger partial charge in [-0.1, -0.05) is 24.3 Å². The Balaban J connectivity index is 1.58. The fourth-order valence-corrected chi connectivity index (χ4v) is 2.11. The molecule has 3 aromatic rings. The van der Waals surface area contributed by atoms with E-state index in [0.29, 0.717) is 12.2 Å². The van der Waals surface area contributed by atoms with Crippen LogP contribution in [0, 0.1) is 5.82 Å². The van der Waals surface area contributed by atoms with Crippen molar-refractivity contribution in [3.8, 4) is 11.1 Å². The van der Waals surface area contributed by atoms with Gasteiger partial charge < -0.3 is 5.32 Å². The van der Waals surface area contributed by atoms with E-state index in [1.165, 1.54) is 23.1 Å². The minimum Gasteiger partial charge on any atom is -0.326 e. The molecule has 0 radical (unpaired) electrons. The molecule has 1 N–H and O–H groups in total. The Labute approximate surface area is 132 Å². The summed E-state index contributed by atoms with van der Waals surface area (Å²) >= 11 is 0. The Bertz CT molecular complexity index is 769. The van der Waals surface area contributed by atoms with Crippen LogP contribution in [0.3, 0.4) is 0 Å². The second-order valence-corrected chi connectivity index (χ2v) is 4.96. The van der Waals surface area contributed by atoms with Crippen LogP contribution in [0.4, 0.5) is 10.1 Å². The van der Waals surface area contributed by atoms with Gasteiger partial charge >= 0.3 is 0 Å². The van der Waals surface area contributed by atoms with Crippen molar-refractivity contribution in [2.45, 2.75) is 13.0 Å². The Hall–Kier alpha value is -3.09. The molecule has 0 aliphatic carbocycles. The number of amides is 1. The van der Waals surface area contributed by atoms with Crippen molar-refractivity contribution in [3.05, 3.63) is 60.7 Å².